The first-order valence-electron chi connectivity index (χ1n) is 13.1. The molecule has 6 rings (SSSR count). The zero-order chi connectivity index (χ0) is 30.0. The largest absolute Gasteiger partial charge is 0.586 e. The number of carbonyl (C=O) groups is 2. The summed E-state index contributed by atoms with van der Waals surface area (Å²) in [6, 6.07) is 5.41. The standard InChI is InChI=1S/C27H25F5N2O8/c1-25(12-38-20-11-22-21(9-16(20)25)41-27(31,32)42-22)23(35)33-17-10-18(13-4-6-34(7-5-13)24(36)37)39-19-8-14(2-3-15(17)19)40-26(28,29)30/h2-3,8-9,11,13,17-18H,4-7,10,12H2,1H3,(H,33,35)(H,36,37)/t17-,18-,25+/m1/s1. The van der Waals surface area contributed by atoms with Crippen LogP contribution in [0, 0.1) is 5.92 Å². The van der Waals surface area contributed by atoms with E-state index in [-0.39, 0.29) is 55.0 Å². The lowest BCUT2D eigenvalue weighted by Gasteiger charge is -2.40. The highest BCUT2D eigenvalue weighted by atomic mass is 19.4. The molecule has 2 amide bonds. The molecule has 4 aliphatic rings. The number of rotatable bonds is 4. The summed E-state index contributed by atoms with van der Waals surface area (Å²) in [6.07, 6.45) is -9.19. The molecule has 1 saturated heterocycles. The lowest BCUT2D eigenvalue weighted by molar-refractivity contribution is -0.286. The first-order chi connectivity index (χ1) is 19.7. The van der Waals surface area contributed by atoms with Crippen LogP contribution >= 0.6 is 0 Å². The number of hydrogen-bond acceptors (Lipinski definition) is 7. The smallest absolute Gasteiger partial charge is 0.492 e. The van der Waals surface area contributed by atoms with Crippen molar-refractivity contribution in [2.45, 2.75) is 56.4 Å². The van der Waals surface area contributed by atoms with E-state index in [1.54, 1.807) is 6.92 Å². The van der Waals surface area contributed by atoms with Crippen LogP contribution in [0.2, 0.25) is 0 Å². The molecule has 0 aromatic heterocycles. The highest BCUT2D eigenvalue weighted by Crippen LogP contribution is 2.50. The molecule has 0 unspecified atom stereocenters. The summed E-state index contributed by atoms with van der Waals surface area (Å²) in [6.45, 7) is 2.00. The van der Waals surface area contributed by atoms with Crippen molar-refractivity contribution in [2.75, 3.05) is 19.7 Å². The van der Waals surface area contributed by atoms with Crippen molar-refractivity contribution >= 4 is 12.0 Å². The molecule has 1 fully saturated rings. The number of likely N-dealkylation sites (tertiary alicyclic amines) is 1. The van der Waals surface area contributed by atoms with Gasteiger partial charge in [-0.15, -0.1) is 22.0 Å². The molecule has 0 radical (unpaired) electrons. The van der Waals surface area contributed by atoms with Crippen molar-refractivity contribution in [3.8, 4) is 28.7 Å². The summed E-state index contributed by atoms with van der Waals surface area (Å²) in [7, 11) is 0. The number of alkyl halides is 5. The van der Waals surface area contributed by atoms with Crippen LogP contribution in [-0.2, 0) is 10.2 Å². The van der Waals surface area contributed by atoms with Gasteiger partial charge >= 0.3 is 18.8 Å². The van der Waals surface area contributed by atoms with E-state index in [2.05, 4.69) is 19.5 Å². The number of carboxylic acid groups (broad SMARTS) is 1. The van der Waals surface area contributed by atoms with E-state index in [1.807, 2.05) is 0 Å². The molecule has 2 aromatic rings. The van der Waals surface area contributed by atoms with Gasteiger partial charge in [-0.25, -0.2) is 4.79 Å². The molecule has 2 N–H and O–H groups in total. The van der Waals surface area contributed by atoms with E-state index in [0.29, 0.717) is 24.0 Å². The van der Waals surface area contributed by atoms with Gasteiger partial charge in [-0.2, -0.15) is 0 Å². The highest BCUT2D eigenvalue weighted by Gasteiger charge is 2.50. The minimum atomic E-state index is -4.93. The number of benzene rings is 2. The maximum absolute atomic E-state index is 13.8. The van der Waals surface area contributed by atoms with Crippen molar-refractivity contribution < 1.29 is 60.3 Å². The fraction of sp³-hybridized carbons (Fsp3) is 0.481. The number of piperidine rings is 1. The molecule has 0 saturated carbocycles. The van der Waals surface area contributed by atoms with E-state index < -0.39 is 48.0 Å². The second-order valence-electron chi connectivity index (χ2n) is 10.9. The third-order valence-corrected chi connectivity index (χ3v) is 8.10. The van der Waals surface area contributed by atoms with Crippen molar-refractivity contribution in [2.24, 2.45) is 5.92 Å². The number of hydrogen-bond donors (Lipinski definition) is 2. The molecular formula is C27H25F5N2O8. The summed E-state index contributed by atoms with van der Waals surface area (Å²) in [4.78, 5) is 26.4. The predicted molar refractivity (Wildman–Crippen MR) is 131 cm³/mol. The Hall–Kier alpha value is -4.17. The van der Waals surface area contributed by atoms with Gasteiger partial charge in [0.25, 0.3) is 0 Å². The number of ether oxygens (including phenoxy) is 5. The predicted octanol–water partition coefficient (Wildman–Crippen LogP) is 4.96. The average Bonchev–Trinajstić information content (AvgIpc) is 3.40. The first-order valence-corrected chi connectivity index (χ1v) is 13.1. The van der Waals surface area contributed by atoms with Gasteiger partial charge in [0.1, 0.15) is 35.4 Å². The highest BCUT2D eigenvalue weighted by molar-refractivity contribution is 5.90. The van der Waals surface area contributed by atoms with Crippen LogP contribution in [0.5, 0.6) is 28.7 Å². The van der Waals surface area contributed by atoms with E-state index >= 15 is 0 Å². The fourth-order valence-electron chi connectivity index (χ4n) is 5.89. The summed E-state index contributed by atoms with van der Waals surface area (Å²) < 4.78 is 90.8. The van der Waals surface area contributed by atoms with E-state index in [0.717, 1.165) is 12.1 Å². The normalized spacial score (nSPS) is 26.0. The topological polar surface area (TPSA) is 116 Å². The van der Waals surface area contributed by atoms with Crippen LogP contribution in [0.4, 0.5) is 26.7 Å². The molecule has 0 aliphatic carbocycles. The van der Waals surface area contributed by atoms with Crippen LogP contribution in [0.15, 0.2) is 30.3 Å². The van der Waals surface area contributed by atoms with Crippen molar-refractivity contribution in [1.82, 2.24) is 10.2 Å². The average molecular weight is 600 g/mol. The Morgan fingerprint density at radius 2 is 1.74 bits per heavy atom. The van der Waals surface area contributed by atoms with Crippen LogP contribution in [0.25, 0.3) is 0 Å². The number of halogens is 5. The molecule has 0 bridgehead atoms. The number of amides is 2. The van der Waals surface area contributed by atoms with Crippen LogP contribution in [0.1, 0.15) is 43.4 Å². The summed E-state index contributed by atoms with van der Waals surface area (Å²) in [5.41, 5.74) is -0.602. The van der Waals surface area contributed by atoms with Gasteiger partial charge in [0.15, 0.2) is 11.5 Å². The van der Waals surface area contributed by atoms with Crippen molar-refractivity contribution in [3.63, 3.8) is 0 Å². The molecule has 226 valence electrons. The first kappa shape index (κ1) is 28.0. The number of fused-ring (bicyclic) bond motifs is 3. The third kappa shape index (κ3) is 5.15. The van der Waals surface area contributed by atoms with Crippen LogP contribution in [0.3, 0.4) is 0 Å². The van der Waals surface area contributed by atoms with Gasteiger partial charge in [-0.05, 0) is 43.9 Å². The molecule has 10 nitrogen and oxygen atoms in total. The minimum Gasteiger partial charge on any atom is -0.492 e. The lowest BCUT2D eigenvalue weighted by Crippen LogP contribution is -2.48. The molecule has 0 spiro atoms. The number of carbonyl (C=O) groups excluding carboxylic acids is 1. The van der Waals surface area contributed by atoms with Crippen LogP contribution < -0.4 is 29.0 Å². The Labute approximate surface area is 235 Å². The zero-order valence-electron chi connectivity index (χ0n) is 22.0. The molecule has 3 atom stereocenters. The zero-order valence-corrected chi connectivity index (χ0v) is 22.0. The van der Waals surface area contributed by atoms with Gasteiger partial charge in [0.2, 0.25) is 5.91 Å². The van der Waals surface area contributed by atoms with E-state index in [9.17, 15) is 36.6 Å². The summed E-state index contributed by atoms with van der Waals surface area (Å²) in [5.74, 6) is -1.34. The van der Waals surface area contributed by atoms with Gasteiger partial charge in [0, 0.05) is 42.8 Å². The second-order valence-corrected chi connectivity index (χ2v) is 10.9. The fourth-order valence-corrected chi connectivity index (χ4v) is 5.89. The Morgan fingerprint density at radius 1 is 1.05 bits per heavy atom. The number of nitrogens with zero attached hydrogens (tertiary/aromatic N) is 1. The van der Waals surface area contributed by atoms with Gasteiger partial charge in [-0.3, -0.25) is 4.79 Å². The molecule has 4 aliphatic heterocycles. The van der Waals surface area contributed by atoms with Crippen LogP contribution in [-0.4, -0.2) is 60.5 Å². The maximum atomic E-state index is 13.8. The van der Waals surface area contributed by atoms with Crippen molar-refractivity contribution in [1.29, 1.82) is 0 Å². The quantitative estimate of drug-likeness (QED) is 0.474. The maximum Gasteiger partial charge on any atom is 0.586 e. The second kappa shape index (κ2) is 9.70. The van der Waals surface area contributed by atoms with Gasteiger partial charge < -0.3 is 39.0 Å². The molecule has 15 heteroatoms. The lowest BCUT2D eigenvalue weighted by atomic mass is 9.81. The van der Waals surface area contributed by atoms with E-state index in [1.165, 1.54) is 23.1 Å². The monoisotopic (exact) mass is 600 g/mol. The summed E-state index contributed by atoms with van der Waals surface area (Å²) in [5, 5.41) is 12.2. The molecular weight excluding hydrogens is 575 g/mol. The SMILES string of the molecule is C[C@]1(C(=O)N[C@@H]2C[C@H](C3CCN(C(=O)O)CC3)Oc3cc(OC(F)(F)F)ccc32)COc2cc3c(cc21)OC(F)(F)O3. The Balaban J connectivity index is 1.27. The number of nitrogens with one attached hydrogen (secondary N) is 1. The Morgan fingerprint density at radius 3 is 2.40 bits per heavy atom. The Kier molecular flexibility index (Phi) is 6.46. The molecule has 42 heavy (non-hydrogen) atoms. The Bertz CT molecular complexity index is 1430. The van der Waals surface area contributed by atoms with Crippen molar-refractivity contribution in [3.05, 3.63) is 41.5 Å². The molecule has 4 heterocycles. The minimum absolute atomic E-state index is 0.0952. The van der Waals surface area contributed by atoms with Gasteiger partial charge in [0.05, 0.1) is 6.04 Å². The molecule has 2 aromatic carbocycles. The van der Waals surface area contributed by atoms with Gasteiger partial charge in [-0.1, -0.05) is 0 Å². The summed E-state index contributed by atoms with van der Waals surface area (Å²) >= 11 is 0. The third-order valence-electron chi connectivity index (χ3n) is 8.10. The van der Waals surface area contributed by atoms with E-state index in [4.69, 9.17) is 9.47 Å².